The fraction of sp³-hybridized carbons (Fsp3) is 0.458. The molecule has 1 unspecified atom stereocenters. The first-order valence-electron chi connectivity index (χ1n) is 10.4. The Hall–Kier alpha value is -2.49. The highest BCUT2D eigenvalue weighted by atomic mass is 16.5. The maximum Gasteiger partial charge on any atom is 0.255 e. The van der Waals surface area contributed by atoms with Crippen LogP contribution in [0.1, 0.15) is 62.5 Å². The molecule has 2 aromatic rings. The summed E-state index contributed by atoms with van der Waals surface area (Å²) in [6.45, 7) is 10.5. The summed E-state index contributed by atoms with van der Waals surface area (Å²) in [5.74, 6) is 1.34. The van der Waals surface area contributed by atoms with E-state index in [0.717, 1.165) is 24.6 Å². The van der Waals surface area contributed by atoms with Crippen LogP contribution in [0.3, 0.4) is 0 Å². The van der Waals surface area contributed by atoms with Gasteiger partial charge >= 0.3 is 0 Å². The molecular weight excluding hydrogens is 348 g/mol. The molecule has 1 heterocycles. The standard InChI is InChI=1S/C24H32N2O2/c1-17(2)28-23-8-6-5-7-22(23)24(27)25-19(4)20-9-11-21(12-10-20)26-15-13-18(3)14-16-26/h5-12,17-19H,13-16H2,1-4H3,(H,25,27). The molecule has 0 aromatic heterocycles. The average Bonchev–Trinajstić information content (AvgIpc) is 2.68. The minimum absolute atomic E-state index is 0.0247. The Balaban J connectivity index is 1.65. The molecular formula is C24H32N2O2. The summed E-state index contributed by atoms with van der Waals surface area (Å²) in [5, 5.41) is 3.10. The molecule has 1 aliphatic rings. The summed E-state index contributed by atoms with van der Waals surface area (Å²) in [7, 11) is 0. The number of hydrogen-bond donors (Lipinski definition) is 1. The SMILES string of the molecule is CC1CCN(c2ccc(C(C)NC(=O)c3ccccc3OC(C)C)cc2)CC1. The molecule has 0 saturated carbocycles. The van der Waals surface area contributed by atoms with Crippen molar-refractivity contribution in [2.24, 2.45) is 5.92 Å². The number of hydrogen-bond acceptors (Lipinski definition) is 3. The van der Waals surface area contributed by atoms with Gasteiger partial charge in [0.1, 0.15) is 5.75 Å². The third-order valence-electron chi connectivity index (χ3n) is 5.38. The van der Waals surface area contributed by atoms with Crippen molar-refractivity contribution in [2.75, 3.05) is 18.0 Å². The number of ether oxygens (including phenoxy) is 1. The third-order valence-corrected chi connectivity index (χ3v) is 5.38. The minimum atomic E-state index is -0.113. The number of para-hydroxylation sites is 1. The molecule has 0 bridgehead atoms. The Labute approximate surface area is 168 Å². The molecule has 1 saturated heterocycles. The lowest BCUT2D eigenvalue weighted by Gasteiger charge is -2.32. The van der Waals surface area contributed by atoms with Gasteiger partial charge in [0, 0.05) is 18.8 Å². The van der Waals surface area contributed by atoms with Crippen LogP contribution in [0.25, 0.3) is 0 Å². The highest BCUT2D eigenvalue weighted by molar-refractivity contribution is 5.97. The Morgan fingerprint density at radius 1 is 1.04 bits per heavy atom. The number of piperidine rings is 1. The van der Waals surface area contributed by atoms with Crippen LogP contribution in [-0.2, 0) is 0 Å². The van der Waals surface area contributed by atoms with E-state index in [0.29, 0.717) is 11.3 Å². The first-order valence-corrected chi connectivity index (χ1v) is 10.4. The molecule has 3 rings (SSSR count). The molecule has 2 aromatic carbocycles. The van der Waals surface area contributed by atoms with Crippen molar-refractivity contribution >= 4 is 11.6 Å². The van der Waals surface area contributed by atoms with Crippen molar-refractivity contribution in [3.8, 4) is 5.75 Å². The van der Waals surface area contributed by atoms with Gasteiger partial charge < -0.3 is 15.0 Å². The van der Waals surface area contributed by atoms with E-state index >= 15 is 0 Å². The molecule has 28 heavy (non-hydrogen) atoms. The van der Waals surface area contributed by atoms with Crippen LogP contribution in [0.4, 0.5) is 5.69 Å². The lowest BCUT2D eigenvalue weighted by Crippen LogP contribution is -2.32. The number of nitrogens with zero attached hydrogens (tertiary/aromatic N) is 1. The maximum absolute atomic E-state index is 12.8. The van der Waals surface area contributed by atoms with Gasteiger partial charge in [0.05, 0.1) is 17.7 Å². The number of anilines is 1. The number of carbonyl (C=O) groups excluding carboxylic acids is 1. The number of nitrogens with one attached hydrogen (secondary N) is 1. The highest BCUT2D eigenvalue weighted by Gasteiger charge is 2.18. The molecule has 1 amide bonds. The maximum atomic E-state index is 12.8. The highest BCUT2D eigenvalue weighted by Crippen LogP contribution is 2.25. The van der Waals surface area contributed by atoms with Crippen LogP contribution >= 0.6 is 0 Å². The van der Waals surface area contributed by atoms with Crippen molar-refractivity contribution in [3.63, 3.8) is 0 Å². The fourth-order valence-corrected chi connectivity index (χ4v) is 3.61. The van der Waals surface area contributed by atoms with Gasteiger partial charge in [-0.1, -0.05) is 31.2 Å². The quantitative estimate of drug-likeness (QED) is 0.749. The molecule has 4 heteroatoms. The second-order valence-electron chi connectivity index (χ2n) is 8.12. The number of carbonyl (C=O) groups is 1. The predicted molar refractivity (Wildman–Crippen MR) is 115 cm³/mol. The number of amides is 1. The van der Waals surface area contributed by atoms with Gasteiger partial charge in [-0.2, -0.15) is 0 Å². The van der Waals surface area contributed by atoms with E-state index in [2.05, 4.69) is 41.4 Å². The summed E-state index contributed by atoms with van der Waals surface area (Å²) in [5.41, 5.74) is 2.94. The number of rotatable bonds is 6. The van der Waals surface area contributed by atoms with Crippen LogP contribution in [-0.4, -0.2) is 25.1 Å². The van der Waals surface area contributed by atoms with Gasteiger partial charge in [-0.3, -0.25) is 4.79 Å². The van der Waals surface area contributed by atoms with Gasteiger partial charge in [0.25, 0.3) is 5.91 Å². The second-order valence-corrected chi connectivity index (χ2v) is 8.12. The van der Waals surface area contributed by atoms with E-state index in [1.807, 2.05) is 39.0 Å². The zero-order valence-electron chi connectivity index (χ0n) is 17.4. The summed E-state index contributed by atoms with van der Waals surface area (Å²) >= 11 is 0. The van der Waals surface area contributed by atoms with Gasteiger partial charge in [-0.05, 0) is 69.4 Å². The Bertz CT molecular complexity index is 777. The summed E-state index contributed by atoms with van der Waals surface area (Å²) < 4.78 is 5.78. The lowest BCUT2D eigenvalue weighted by atomic mass is 9.98. The van der Waals surface area contributed by atoms with Crippen molar-refractivity contribution in [3.05, 3.63) is 59.7 Å². The summed E-state index contributed by atoms with van der Waals surface area (Å²) in [6.07, 6.45) is 2.54. The van der Waals surface area contributed by atoms with Gasteiger partial charge in [-0.15, -0.1) is 0 Å². The molecule has 150 valence electrons. The van der Waals surface area contributed by atoms with Crippen LogP contribution in [0.2, 0.25) is 0 Å². The van der Waals surface area contributed by atoms with Crippen molar-refractivity contribution < 1.29 is 9.53 Å². The Morgan fingerprint density at radius 2 is 1.68 bits per heavy atom. The molecule has 0 radical (unpaired) electrons. The van der Waals surface area contributed by atoms with Crippen LogP contribution in [0.15, 0.2) is 48.5 Å². The summed E-state index contributed by atoms with van der Waals surface area (Å²) in [4.78, 5) is 15.2. The monoisotopic (exact) mass is 380 g/mol. The molecule has 1 aliphatic heterocycles. The average molecular weight is 381 g/mol. The normalized spacial score (nSPS) is 16.1. The molecule has 4 nitrogen and oxygen atoms in total. The van der Waals surface area contributed by atoms with Gasteiger partial charge in [0.2, 0.25) is 0 Å². The van der Waals surface area contributed by atoms with E-state index in [4.69, 9.17) is 4.74 Å². The zero-order valence-corrected chi connectivity index (χ0v) is 17.4. The topological polar surface area (TPSA) is 41.6 Å². The molecule has 0 aliphatic carbocycles. The molecule has 1 atom stereocenters. The number of benzene rings is 2. The Morgan fingerprint density at radius 3 is 2.32 bits per heavy atom. The lowest BCUT2D eigenvalue weighted by molar-refractivity contribution is 0.0934. The van der Waals surface area contributed by atoms with E-state index in [1.165, 1.54) is 18.5 Å². The van der Waals surface area contributed by atoms with E-state index in [1.54, 1.807) is 6.07 Å². The molecule has 0 spiro atoms. The first-order chi connectivity index (χ1) is 13.4. The fourth-order valence-electron chi connectivity index (χ4n) is 3.61. The van der Waals surface area contributed by atoms with Crippen molar-refractivity contribution in [1.82, 2.24) is 5.32 Å². The summed E-state index contributed by atoms with van der Waals surface area (Å²) in [6, 6.07) is 15.9. The zero-order chi connectivity index (χ0) is 20.1. The van der Waals surface area contributed by atoms with Crippen LogP contribution < -0.4 is 15.0 Å². The van der Waals surface area contributed by atoms with Crippen molar-refractivity contribution in [2.45, 2.75) is 52.7 Å². The molecule has 1 N–H and O–H groups in total. The van der Waals surface area contributed by atoms with Crippen LogP contribution in [0, 0.1) is 5.92 Å². The Kier molecular flexibility index (Phi) is 6.61. The van der Waals surface area contributed by atoms with E-state index in [-0.39, 0.29) is 18.1 Å². The molecule has 1 fully saturated rings. The van der Waals surface area contributed by atoms with E-state index < -0.39 is 0 Å². The third kappa shape index (κ3) is 5.06. The van der Waals surface area contributed by atoms with Crippen LogP contribution in [0.5, 0.6) is 5.75 Å². The van der Waals surface area contributed by atoms with Gasteiger partial charge in [-0.25, -0.2) is 0 Å². The minimum Gasteiger partial charge on any atom is -0.490 e. The van der Waals surface area contributed by atoms with Gasteiger partial charge in [0.15, 0.2) is 0 Å². The van der Waals surface area contributed by atoms with Crippen molar-refractivity contribution in [1.29, 1.82) is 0 Å². The second kappa shape index (κ2) is 9.13. The first kappa shape index (κ1) is 20.2. The predicted octanol–water partition coefficient (Wildman–Crippen LogP) is 5.20. The largest absolute Gasteiger partial charge is 0.490 e. The van der Waals surface area contributed by atoms with E-state index in [9.17, 15) is 4.79 Å². The smallest absolute Gasteiger partial charge is 0.255 e.